The van der Waals surface area contributed by atoms with Crippen LogP contribution in [0, 0.1) is 0 Å². The zero-order valence-corrected chi connectivity index (χ0v) is 9.37. The second-order valence-corrected chi connectivity index (χ2v) is 4.08. The first-order valence-electron chi connectivity index (χ1n) is 5.67. The summed E-state index contributed by atoms with van der Waals surface area (Å²) in [6.07, 6.45) is 4.19. The first kappa shape index (κ1) is 10.3. The number of ether oxygens (including phenoxy) is 2. The van der Waals surface area contributed by atoms with E-state index in [4.69, 9.17) is 15.2 Å². The number of nitrogen functional groups attached to an aromatic ring is 1. The van der Waals surface area contributed by atoms with Crippen LogP contribution >= 0.6 is 0 Å². The van der Waals surface area contributed by atoms with Gasteiger partial charge in [-0.2, -0.15) is 4.98 Å². The number of nitrogens with zero attached hydrogens (tertiary/aromatic N) is 3. The van der Waals surface area contributed by atoms with E-state index in [9.17, 15) is 0 Å². The van der Waals surface area contributed by atoms with E-state index in [1.807, 2.05) is 12.1 Å². The van der Waals surface area contributed by atoms with E-state index in [1.54, 1.807) is 10.7 Å². The smallest absolute Gasteiger partial charge is 0.240 e. The third-order valence-electron chi connectivity index (χ3n) is 2.79. The average molecular weight is 234 g/mol. The van der Waals surface area contributed by atoms with Gasteiger partial charge in [-0.3, -0.25) is 0 Å². The van der Waals surface area contributed by atoms with Gasteiger partial charge in [-0.25, -0.2) is 4.52 Å². The van der Waals surface area contributed by atoms with Crippen LogP contribution in [0.25, 0.3) is 5.65 Å². The standard InChI is InChI=1S/C11H14N4O2/c12-11-13-10-6-8(3-4-15(10)14-11)17-7-9-2-1-5-16-9/h3-4,6,9H,1-2,5,7H2,(H2,12,14). The summed E-state index contributed by atoms with van der Waals surface area (Å²) in [5.74, 6) is 1.03. The van der Waals surface area contributed by atoms with Crippen molar-refractivity contribution in [3.05, 3.63) is 18.3 Å². The highest BCUT2D eigenvalue weighted by atomic mass is 16.5. The van der Waals surface area contributed by atoms with Crippen LogP contribution in [0.5, 0.6) is 5.75 Å². The van der Waals surface area contributed by atoms with E-state index in [0.29, 0.717) is 12.3 Å². The molecule has 0 radical (unpaired) electrons. The summed E-state index contributed by atoms with van der Waals surface area (Å²) in [5.41, 5.74) is 6.20. The van der Waals surface area contributed by atoms with Gasteiger partial charge in [-0.1, -0.05) is 0 Å². The zero-order chi connectivity index (χ0) is 11.7. The Balaban J connectivity index is 1.71. The Hall–Kier alpha value is -1.82. The third-order valence-corrected chi connectivity index (χ3v) is 2.79. The van der Waals surface area contributed by atoms with Crippen LogP contribution in [-0.4, -0.2) is 33.9 Å². The van der Waals surface area contributed by atoms with Crippen molar-refractivity contribution in [1.29, 1.82) is 0 Å². The SMILES string of the molecule is Nc1nc2cc(OCC3CCCO3)ccn2n1. The molecule has 3 rings (SSSR count). The summed E-state index contributed by atoms with van der Waals surface area (Å²) >= 11 is 0. The van der Waals surface area contributed by atoms with Gasteiger partial charge in [0.1, 0.15) is 12.4 Å². The Morgan fingerprint density at radius 3 is 3.35 bits per heavy atom. The van der Waals surface area contributed by atoms with Crippen molar-refractivity contribution in [2.45, 2.75) is 18.9 Å². The lowest BCUT2D eigenvalue weighted by Gasteiger charge is -2.11. The predicted molar refractivity (Wildman–Crippen MR) is 61.9 cm³/mol. The van der Waals surface area contributed by atoms with Crippen molar-refractivity contribution in [2.24, 2.45) is 0 Å². The maximum Gasteiger partial charge on any atom is 0.240 e. The van der Waals surface area contributed by atoms with E-state index in [2.05, 4.69) is 10.1 Å². The molecule has 0 saturated carbocycles. The molecule has 90 valence electrons. The molecule has 1 atom stereocenters. The van der Waals surface area contributed by atoms with Crippen LogP contribution in [0.3, 0.4) is 0 Å². The van der Waals surface area contributed by atoms with Gasteiger partial charge in [0.05, 0.1) is 6.10 Å². The molecule has 1 fully saturated rings. The fraction of sp³-hybridized carbons (Fsp3) is 0.455. The molecule has 17 heavy (non-hydrogen) atoms. The van der Waals surface area contributed by atoms with Gasteiger partial charge in [0, 0.05) is 18.9 Å². The molecule has 2 N–H and O–H groups in total. The lowest BCUT2D eigenvalue weighted by molar-refractivity contribution is 0.0679. The lowest BCUT2D eigenvalue weighted by Crippen LogP contribution is -2.16. The summed E-state index contributed by atoms with van der Waals surface area (Å²) in [6.45, 7) is 1.42. The molecular weight excluding hydrogens is 220 g/mol. The number of aromatic nitrogens is 3. The van der Waals surface area contributed by atoms with Crippen molar-refractivity contribution in [1.82, 2.24) is 14.6 Å². The number of hydrogen-bond acceptors (Lipinski definition) is 5. The molecule has 6 nitrogen and oxygen atoms in total. The van der Waals surface area contributed by atoms with Crippen LogP contribution in [0.1, 0.15) is 12.8 Å². The fourth-order valence-corrected chi connectivity index (χ4v) is 1.93. The van der Waals surface area contributed by atoms with Gasteiger partial charge in [0.25, 0.3) is 0 Å². The molecule has 0 aromatic carbocycles. The van der Waals surface area contributed by atoms with Gasteiger partial charge < -0.3 is 15.2 Å². The Morgan fingerprint density at radius 1 is 1.59 bits per heavy atom. The number of rotatable bonds is 3. The number of fused-ring (bicyclic) bond motifs is 1. The minimum Gasteiger partial charge on any atom is -0.491 e. The highest BCUT2D eigenvalue weighted by Gasteiger charge is 2.16. The van der Waals surface area contributed by atoms with Gasteiger partial charge in [-0.15, -0.1) is 5.10 Å². The molecule has 1 unspecified atom stereocenters. The minimum atomic E-state index is 0.217. The van der Waals surface area contributed by atoms with E-state index in [0.717, 1.165) is 25.2 Å². The quantitative estimate of drug-likeness (QED) is 0.852. The maximum atomic E-state index is 5.66. The molecule has 0 bridgehead atoms. The van der Waals surface area contributed by atoms with Crippen molar-refractivity contribution in [2.75, 3.05) is 18.9 Å². The van der Waals surface area contributed by atoms with E-state index in [1.165, 1.54) is 0 Å². The van der Waals surface area contributed by atoms with Gasteiger partial charge in [0.2, 0.25) is 5.95 Å². The Bertz CT molecular complexity index is 519. The van der Waals surface area contributed by atoms with Crippen molar-refractivity contribution in [3.8, 4) is 5.75 Å². The summed E-state index contributed by atoms with van der Waals surface area (Å²) in [4.78, 5) is 4.07. The largest absolute Gasteiger partial charge is 0.491 e. The molecule has 0 amide bonds. The van der Waals surface area contributed by atoms with Crippen molar-refractivity contribution in [3.63, 3.8) is 0 Å². The molecule has 2 aromatic heterocycles. The zero-order valence-electron chi connectivity index (χ0n) is 9.37. The molecule has 2 aromatic rings. The second-order valence-electron chi connectivity index (χ2n) is 4.08. The van der Waals surface area contributed by atoms with Crippen molar-refractivity contribution >= 4 is 11.6 Å². The number of pyridine rings is 1. The maximum absolute atomic E-state index is 5.66. The minimum absolute atomic E-state index is 0.217. The van der Waals surface area contributed by atoms with E-state index >= 15 is 0 Å². The van der Waals surface area contributed by atoms with Crippen LogP contribution in [0.2, 0.25) is 0 Å². The van der Waals surface area contributed by atoms with Gasteiger partial charge >= 0.3 is 0 Å². The van der Waals surface area contributed by atoms with Gasteiger partial charge in [-0.05, 0) is 18.9 Å². The van der Waals surface area contributed by atoms with E-state index in [-0.39, 0.29) is 12.1 Å². The first-order valence-corrected chi connectivity index (χ1v) is 5.67. The number of nitrogens with two attached hydrogens (primary N) is 1. The number of hydrogen-bond donors (Lipinski definition) is 1. The molecule has 1 saturated heterocycles. The third kappa shape index (κ3) is 2.16. The van der Waals surface area contributed by atoms with Crippen LogP contribution in [-0.2, 0) is 4.74 Å². The summed E-state index contributed by atoms with van der Waals surface area (Å²) in [6, 6.07) is 3.66. The predicted octanol–water partition coefficient (Wildman–Crippen LogP) is 0.869. The monoisotopic (exact) mass is 234 g/mol. The van der Waals surface area contributed by atoms with Crippen LogP contribution < -0.4 is 10.5 Å². The molecule has 1 aliphatic heterocycles. The highest BCUT2D eigenvalue weighted by Crippen LogP contribution is 2.17. The lowest BCUT2D eigenvalue weighted by atomic mass is 10.2. The van der Waals surface area contributed by atoms with Crippen molar-refractivity contribution < 1.29 is 9.47 Å². The first-order chi connectivity index (χ1) is 8.31. The number of anilines is 1. The van der Waals surface area contributed by atoms with Gasteiger partial charge in [0.15, 0.2) is 5.65 Å². The average Bonchev–Trinajstić information content (AvgIpc) is 2.92. The molecule has 0 aliphatic carbocycles. The van der Waals surface area contributed by atoms with Crippen LogP contribution in [0.4, 0.5) is 5.95 Å². The summed E-state index contributed by atoms with van der Waals surface area (Å²) < 4.78 is 12.8. The normalized spacial score (nSPS) is 19.9. The second kappa shape index (κ2) is 4.21. The van der Waals surface area contributed by atoms with E-state index < -0.39 is 0 Å². The molecule has 3 heterocycles. The fourth-order valence-electron chi connectivity index (χ4n) is 1.93. The Labute approximate surface area is 98.3 Å². The Kier molecular flexibility index (Phi) is 2.56. The Morgan fingerprint density at radius 2 is 2.53 bits per heavy atom. The molecule has 6 heteroatoms. The van der Waals surface area contributed by atoms with Crippen LogP contribution in [0.15, 0.2) is 18.3 Å². The summed E-state index contributed by atoms with van der Waals surface area (Å²) in [5, 5.41) is 3.99. The topological polar surface area (TPSA) is 74.7 Å². The molecule has 1 aliphatic rings. The highest BCUT2D eigenvalue weighted by molar-refractivity contribution is 5.46. The molecular formula is C11H14N4O2. The summed E-state index contributed by atoms with van der Waals surface area (Å²) in [7, 11) is 0. The molecule has 0 spiro atoms.